The van der Waals surface area contributed by atoms with Crippen LogP contribution in [0.2, 0.25) is 15.1 Å². The zero-order valence-corrected chi connectivity index (χ0v) is 25.7. The summed E-state index contributed by atoms with van der Waals surface area (Å²) in [6.07, 6.45) is 6.60. The maximum absolute atomic E-state index is 14.7. The van der Waals surface area contributed by atoms with Gasteiger partial charge in [-0.25, -0.2) is 0 Å². The standard InChI is InChI=1S/C36H27Cl3N2O3/c37-28-11-5-23(6-12-28)33(42)19-31(26-3-1-17-40-21-26)35(36(44)25-9-15-30(39)16-10-25)32(27-4-2-18-41-22-27)20-34(43)24-7-13-29(38)14-8-24/h1-18,21-22,31-32,35H,19-20H2/t31-,32+,35?. The van der Waals surface area contributed by atoms with E-state index in [1.165, 1.54) is 0 Å². The molecule has 2 heterocycles. The van der Waals surface area contributed by atoms with Gasteiger partial charge in [-0.3, -0.25) is 24.4 Å². The van der Waals surface area contributed by atoms with Crippen LogP contribution in [0.15, 0.2) is 122 Å². The first kappa shape index (κ1) is 31.3. The van der Waals surface area contributed by atoms with E-state index in [1.807, 2.05) is 12.1 Å². The van der Waals surface area contributed by atoms with Crippen LogP contribution in [0.3, 0.4) is 0 Å². The summed E-state index contributed by atoms with van der Waals surface area (Å²) < 4.78 is 0. The van der Waals surface area contributed by atoms with Crippen LogP contribution in [0, 0.1) is 5.92 Å². The van der Waals surface area contributed by atoms with Crippen molar-refractivity contribution in [2.45, 2.75) is 24.7 Å². The Morgan fingerprint density at radius 2 is 0.886 bits per heavy atom. The minimum atomic E-state index is -0.850. The molecule has 220 valence electrons. The first-order valence-corrected chi connectivity index (χ1v) is 15.1. The van der Waals surface area contributed by atoms with Crippen molar-refractivity contribution in [2.24, 2.45) is 5.92 Å². The van der Waals surface area contributed by atoms with Gasteiger partial charge in [-0.1, -0.05) is 46.9 Å². The van der Waals surface area contributed by atoms with Crippen molar-refractivity contribution in [1.82, 2.24) is 9.97 Å². The maximum atomic E-state index is 14.7. The summed E-state index contributed by atoms with van der Waals surface area (Å²) in [7, 11) is 0. The highest BCUT2D eigenvalue weighted by Gasteiger charge is 2.40. The number of hydrogen-bond acceptors (Lipinski definition) is 5. The topological polar surface area (TPSA) is 77.0 Å². The van der Waals surface area contributed by atoms with Crippen LogP contribution >= 0.6 is 34.8 Å². The Morgan fingerprint density at radius 1 is 0.523 bits per heavy atom. The van der Waals surface area contributed by atoms with E-state index in [2.05, 4.69) is 9.97 Å². The fourth-order valence-corrected chi connectivity index (χ4v) is 5.83. The fourth-order valence-electron chi connectivity index (χ4n) is 5.45. The van der Waals surface area contributed by atoms with Gasteiger partial charge in [0, 0.05) is 87.1 Å². The third kappa shape index (κ3) is 7.67. The van der Waals surface area contributed by atoms with Crippen molar-refractivity contribution in [2.75, 3.05) is 0 Å². The van der Waals surface area contributed by atoms with Crippen molar-refractivity contribution < 1.29 is 14.4 Å². The molecule has 3 aromatic carbocycles. The molecule has 5 aromatic rings. The lowest BCUT2D eigenvalue weighted by molar-refractivity contribution is 0.0833. The van der Waals surface area contributed by atoms with Crippen LogP contribution in [0.1, 0.15) is 66.9 Å². The summed E-state index contributed by atoms with van der Waals surface area (Å²) in [5.41, 5.74) is 2.76. The van der Waals surface area contributed by atoms with Crippen molar-refractivity contribution >= 4 is 52.2 Å². The Labute approximate surface area is 270 Å². The molecule has 0 saturated carbocycles. The number of benzene rings is 3. The van der Waals surface area contributed by atoms with Gasteiger partial charge in [-0.2, -0.15) is 0 Å². The molecule has 0 saturated heterocycles. The average molecular weight is 642 g/mol. The van der Waals surface area contributed by atoms with Gasteiger partial charge in [0.2, 0.25) is 0 Å². The van der Waals surface area contributed by atoms with Crippen molar-refractivity contribution in [3.63, 3.8) is 0 Å². The van der Waals surface area contributed by atoms with Crippen LogP contribution in [0.25, 0.3) is 0 Å². The predicted octanol–water partition coefficient (Wildman–Crippen LogP) is 9.35. The Bertz CT molecular complexity index is 1630. The number of rotatable bonds is 12. The minimum absolute atomic E-state index is 0.0107. The summed E-state index contributed by atoms with van der Waals surface area (Å²) in [6, 6.07) is 27.2. The Kier molecular flexibility index (Phi) is 10.3. The molecule has 0 N–H and O–H groups in total. The second-order valence-electron chi connectivity index (χ2n) is 10.5. The van der Waals surface area contributed by atoms with Gasteiger partial charge in [-0.15, -0.1) is 0 Å². The number of carbonyl (C=O) groups is 3. The van der Waals surface area contributed by atoms with E-state index in [0.717, 1.165) is 0 Å². The van der Waals surface area contributed by atoms with Crippen LogP contribution in [0.4, 0.5) is 0 Å². The molecule has 0 bridgehead atoms. The normalized spacial score (nSPS) is 13.1. The average Bonchev–Trinajstić information content (AvgIpc) is 3.05. The second kappa shape index (κ2) is 14.5. The molecule has 1 unspecified atom stereocenters. The second-order valence-corrected chi connectivity index (χ2v) is 11.8. The van der Waals surface area contributed by atoms with Gasteiger partial charge in [0.05, 0.1) is 0 Å². The molecular formula is C36H27Cl3N2O3. The van der Waals surface area contributed by atoms with Gasteiger partial charge >= 0.3 is 0 Å². The summed E-state index contributed by atoms with van der Waals surface area (Å²) in [4.78, 5) is 50.9. The quantitative estimate of drug-likeness (QED) is 0.127. The summed E-state index contributed by atoms with van der Waals surface area (Å²) >= 11 is 18.3. The molecule has 44 heavy (non-hydrogen) atoms. The van der Waals surface area contributed by atoms with Crippen molar-refractivity contribution in [3.05, 3.63) is 165 Å². The summed E-state index contributed by atoms with van der Waals surface area (Å²) in [5.74, 6) is -2.69. The van der Waals surface area contributed by atoms with Crippen molar-refractivity contribution in [3.8, 4) is 0 Å². The number of aromatic nitrogens is 2. The van der Waals surface area contributed by atoms with Crippen LogP contribution in [-0.2, 0) is 0 Å². The molecule has 0 aliphatic heterocycles. The maximum Gasteiger partial charge on any atom is 0.167 e. The van der Waals surface area contributed by atoms with Crippen LogP contribution in [-0.4, -0.2) is 27.3 Å². The SMILES string of the molecule is O=C(C[C@H](c1cccnc1)C(C(=O)c1ccc(Cl)cc1)[C@@H](CC(=O)c1ccc(Cl)cc1)c1cccnc1)c1ccc(Cl)cc1. The molecule has 3 atom stereocenters. The number of halogens is 3. The third-order valence-electron chi connectivity index (χ3n) is 7.67. The molecule has 8 heteroatoms. The molecule has 0 radical (unpaired) electrons. The van der Waals surface area contributed by atoms with Crippen LogP contribution in [0.5, 0.6) is 0 Å². The van der Waals surface area contributed by atoms with E-state index < -0.39 is 17.8 Å². The number of Topliss-reactive ketones (excluding diaryl/α,β-unsaturated/α-hetero) is 3. The zero-order valence-electron chi connectivity index (χ0n) is 23.4. The smallest absolute Gasteiger partial charge is 0.167 e. The highest BCUT2D eigenvalue weighted by Crippen LogP contribution is 2.43. The minimum Gasteiger partial charge on any atom is -0.294 e. The third-order valence-corrected chi connectivity index (χ3v) is 8.42. The van der Waals surface area contributed by atoms with E-state index >= 15 is 0 Å². The molecule has 2 aromatic heterocycles. The molecule has 0 amide bonds. The van der Waals surface area contributed by atoms with Gasteiger partial charge in [0.1, 0.15) is 0 Å². The van der Waals surface area contributed by atoms with Gasteiger partial charge in [0.15, 0.2) is 17.3 Å². The van der Waals surface area contributed by atoms with E-state index in [-0.39, 0.29) is 30.2 Å². The number of pyridine rings is 2. The number of carbonyl (C=O) groups excluding carboxylic acids is 3. The highest BCUT2D eigenvalue weighted by molar-refractivity contribution is 6.31. The van der Waals surface area contributed by atoms with Crippen LogP contribution < -0.4 is 0 Å². The van der Waals surface area contributed by atoms with Crippen molar-refractivity contribution in [1.29, 1.82) is 0 Å². The number of nitrogens with zero attached hydrogens (tertiary/aromatic N) is 2. The lowest BCUT2D eigenvalue weighted by Gasteiger charge is -2.33. The van der Waals surface area contributed by atoms with E-state index in [0.29, 0.717) is 42.9 Å². The number of ketones is 3. The molecule has 0 aliphatic carbocycles. The van der Waals surface area contributed by atoms with E-state index in [4.69, 9.17) is 34.8 Å². The molecule has 5 nitrogen and oxygen atoms in total. The molecule has 0 fully saturated rings. The largest absolute Gasteiger partial charge is 0.294 e. The summed E-state index contributed by atoms with van der Waals surface area (Å²) in [6.45, 7) is 0. The first-order valence-electron chi connectivity index (χ1n) is 14.0. The lowest BCUT2D eigenvalue weighted by Crippen LogP contribution is -2.32. The predicted molar refractivity (Wildman–Crippen MR) is 174 cm³/mol. The molecular weight excluding hydrogens is 615 g/mol. The zero-order chi connectivity index (χ0) is 31.1. The first-order chi connectivity index (χ1) is 21.3. The van der Waals surface area contributed by atoms with Gasteiger partial charge < -0.3 is 0 Å². The Morgan fingerprint density at radius 3 is 1.23 bits per heavy atom. The van der Waals surface area contributed by atoms with Gasteiger partial charge in [-0.05, 0) is 96.1 Å². The summed E-state index contributed by atoms with van der Waals surface area (Å²) in [5, 5.41) is 1.51. The molecule has 5 rings (SSSR count). The van der Waals surface area contributed by atoms with E-state index in [9.17, 15) is 14.4 Å². The number of hydrogen-bond donors (Lipinski definition) is 0. The molecule has 0 spiro atoms. The molecule has 0 aliphatic rings. The fraction of sp³-hybridized carbons (Fsp3) is 0.139. The monoisotopic (exact) mass is 640 g/mol. The van der Waals surface area contributed by atoms with Gasteiger partial charge in [0.25, 0.3) is 0 Å². The lowest BCUT2D eigenvalue weighted by atomic mass is 9.68. The van der Waals surface area contributed by atoms with E-state index in [1.54, 1.807) is 110 Å². The highest BCUT2D eigenvalue weighted by atomic mass is 35.5. The Hall–Kier alpha value is -4.16. The Balaban J connectivity index is 1.66.